The minimum absolute atomic E-state index is 0.0810. The topological polar surface area (TPSA) is 139 Å². The summed E-state index contributed by atoms with van der Waals surface area (Å²) in [5, 5.41) is 5.23. The van der Waals surface area contributed by atoms with Crippen LogP contribution in [0.25, 0.3) is 0 Å². The molecule has 1 aliphatic heterocycles. The first-order valence-electron chi connectivity index (χ1n) is 10.8. The zero-order valence-electron chi connectivity index (χ0n) is 18.6. The summed E-state index contributed by atoms with van der Waals surface area (Å²) in [4.78, 5) is 42.1. The minimum atomic E-state index is -3.92. The van der Waals surface area contributed by atoms with E-state index in [1.165, 1.54) is 24.6 Å². The number of furan rings is 1. The van der Waals surface area contributed by atoms with Crippen molar-refractivity contribution in [1.29, 1.82) is 0 Å². The number of hydrogen-bond donors (Lipinski definition) is 2. The van der Waals surface area contributed by atoms with E-state index in [-0.39, 0.29) is 29.8 Å². The highest BCUT2D eigenvalue weighted by Crippen LogP contribution is 2.18. The Labute approximate surface area is 192 Å². The summed E-state index contributed by atoms with van der Waals surface area (Å²) in [7, 11) is -3.92. The molecule has 2 atom stereocenters. The molecule has 0 bridgehead atoms. The van der Waals surface area contributed by atoms with Crippen molar-refractivity contribution >= 4 is 27.6 Å². The summed E-state index contributed by atoms with van der Waals surface area (Å²) in [6.07, 6.45) is 3.78. The van der Waals surface area contributed by atoms with Gasteiger partial charge < -0.3 is 15.1 Å². The van der Waals surface area contributed by atoms with Gasteiger partial charge in [-0.15, -0.1) is 0 Å². The minimum Gasteiger partial charge on any atom is -0.459 e. The zero-order chi connectivity index (χ0) is 24.0. The Morgan fingerprint density at radius 3 is 2.67 bits per heavy atom. The molecule has 0 saturated carbocycles. The molecule has 2 aromatic rings. The van der Waals surface area contributed by atoms with Crippen molar-refractivity contribution in [2.24, 2.45) is 5.92 Å². The van der Waals surface area contributed by atoms with Crippen molar-refractivity contribution in [3.63, 3.8) is 0 Å². The van der Waals surface area contributed by atoms with Crippen molar-refractivity contribution in [3.05, 3.63) is 48.6 Å². The van der Waals surface area contributed by atoms with Gasteiger partial charge in [-0.3, -0.25) is 14.4 Å². The molecule has 33 heavy (non-hydrogen) atoms. The van der Waals surface area contributed by atoms with Crippen LogP contribution >= 0.6 is 0 Å². The molecule has 0 radical (unpaired) electrons. The lowest BCUT2D eigenvalue weighted by atomic mass is 10.0. The molecule has 0 aliphatic carbocycles. The van der Waals surface area contributed by atoms with Crippen LogP contribution in [0, 0.1) is 5.92 Å². The molecule has 1 aliphatic rings. The van der Waals surface area contributed by atoms with Crippen molar-refractivity contribution in [1.82, 2.24) is 19.9 Å². The van der Waals surface area contributed by atoms with Gasteiger partial charge in [-0.1, -0.05) is 19.9 Å². The molecule has 1 unspecified atom stereocenters. The van der Waals surface area contributed by atoms with Gasteiger partial charge in [-0.05, 0) is 49.4 Å². The number of nitrogens with one attached hydrogen (secondary N) is 2. The van der Waals surface area contributed by atoms with Crippen LogP contribution < -0.4 is 10.6 Å². The van der Waals surface area contributed by atoms with Crippen LogP contribution in [0.4, 0.5) is 0 Å². The number of hydrogen-bond acceptors (Lipinski definition) is 7. The Morgan fingerprint density at radius 2 is 2.03 bits per heavy atom. The van der Waals surface area contributed by atoms with E-state index in [9.17, 15) is 22.8 Å². The van der Waals surface area contributed by atoms with E-state index in [2.05, 4.69) is 15.6 Å². The number of carbonyl (C=O) groups is 3. The average molecular weight is 477 g/mol. The van der Waals surface area contributed by atoms with Crippen LogP contribution in [0.2, 0.25) is 0 Å². The molecule has 2 amide bonds. The van der Waals surface area contributed by atoms with E-state index >= 15 is 0 Å². The van der Waals surface area contributed by atoms with E-state index in [0.717, 1.165) is 4.31 Å². The van der Waals surface area contributed by atoms with Gasteiger partial charge in [-0.2, -0.15) is 4.31 Å². The number of carbonyl (C=O) groups excluding carboxylic acids is 3. The summed E-state index contributed by atoms with van der Waals surface area (Å²) in [6.45, 7) is 3.60. The fourth-order valence-electron chi connectivity index (χ4n) is 3.60. The Morgan fingerprint density at radius 1 is 1.24 bits per heavy atom. The van der Waals surface area contributed by atoms with Crippen molar-refractivity contribution in [3.8, 4) is 0 Å². The molecule has 0 aromatic carbocycles. The quantitative estimate of drug-likeness (QED) is 0.586. The molecule has 11 heteroatoms. The summed E-state index contributed by atoms with van der Waals surface area (Å²) in [6, 6.07) is 5.89. The second-order valence-corrected chi connectivity index (χ2v) is 10.2. The molecule has 1 saturated heterocycles. The highest BCUT2D eigenvalue weighted by atomic mass is 32.2. The van der Waals surface area contributed by atoms with Gasteiger partial charge in [0.25, 0.3) is 15.9 Å². The van der Waals surface area contributed by atoms with Crippen LogP contribution in [0.5, 0.6) is 0 Å². The summed E-state index contributed by atoms with van der Waals surface area (Å²) < 4.78 is 31.9. The molecule has 10 nitrogen and oxygen atoms in total. The molecule has 3 rings (SSSR count). The maximum absolute atomic E-state index is 13.0. The van der Waals surface area contributed by atoms with E-state index < -0.39 is 39.7 Å². The van der Waals surface area contributed by atoms with Gasteiger partial charge in [0, 0.05) is 12.7 Å². The van der Waals surface area contributed by atoms with E-state index in [1.54, 1.807) is 18.2 Å². The molecule has 178 valence electrons. The smallest absolute Gasteiger partial charge is 0.287 e. The first-order valence-corrected chi connectivity index (χ1v) is 12.2. The maximum atomic E-state index is 13.0. The average Bonchev–Trinajstić information content (AvgIpc) is 3.26. The second kappa shape index (κ2) is 10.7. The zero-order valence-corrected chi connectivity index (χ0v) is 19.4. The van der Waals surface area contributed by atoms with Crippen LogP contribution in [0.15, 0.2) is 52.2 Å². The number of nitrogens with zero attached hydrogens (tertiary/aromatic N) is 2. The number of sulfonamides is 1. The number of amides is 2. The SMILES string of the molecule is CC(C)C[C@H](NC(=O)c1ccco1)C(=O)NC1CCCN(S(=O)(=O)c2ccccn2)CC1=O. The monoisotopic (exact) mass is 476 g/mol. The number of rotatable bonds is 8. The largest absolute Gasteiger partial charge is 0.459 e. The Kier molecular flexibility index (Phi) is 7.98. The third-order valence-electron chi connectivity index (χ3n) is 5.25. The number of ketones is 1. The molecule has 2 aromatic heterocycles. The van der Waals surface area contributed by atoms with Crippen LogP contribution in [-0.4, -0.2) is 60.5 Å². The Hall–Kier alpha value is -3.05. The maximum Gasteiger partial charge on any atom is 0.287 e. The Bertz CT molecular complexity index is 1070. The number of pyridine rings is 1. The first-order chi connectivity index (χ1) is 15.7. The molecule has 3 heterocycles. The highest BCUT2D eigenvalue weighted by molar-refractivity contribution is 7.89. The van der Waals surface area contributed by atoms with Crippen molar-refractivity contribution < 1.29 is 27.2 Å². The van der Waals surface area contributed by atoms with Gasteiger partial charge in [0.2, 0.25) is 5.91 Å². The van der Waals surface area contributed by atoms with Crippen LogP contribution in [0.3, 0.4) is 0 Å². The molecule has 2 N–H and O–H groups in total. The van der Waals surface area contributed by atoms with Crippen LogP contribution in [-0.2, 0) is 19.6 Å². The fourth-order valence-corrected chi connectivity index (χ4v) is 4.97. The van der Waals surface area contributed by atoms with Gasteiger partial charge in [0.05, 0.1) is 18.8 Å². The van der Waals surface area contributed by atoms with E-state index in [4.69, 9.17) is 4.42 Å². The lowest BCUT2D eigenvalue weighted by Gasteiger charge is -2.23. The van der Waals surface area contributed by atoms with Gasteiger partial charge >= 0.3 is 0 Å². The molecule has 0 spiro atoms. The summed E-state index contributed by atoms with van der Waals surface area (Å²) in [5.41, 5.74) is 0. The lowest BCUT2D eigenvalue weighted by molar-refractivity contribution is -0.129. The third-order valence-corrected chi connectivity index (χ3v) is 7.02. The molecular weight excluding hydrogens is 448 g/mol. The van der Waals surface area contributed by atoms with Gasteiger partial charge in [0.15, 0.2) is 16.6 Å². The van der Waals surface area contributed by atoms with Crippen molar-refractivity contribution in [2.45, 2.75) is 50.2 Å². The number of aromatic nitrogens is 1. The number of Topliss-reactive ketones (excluding diaryl/α,β-unsaturated/α-hetero) is 1. The molecular formula is C22H28N4O6S. The predicted molar refractivity (Wildman–Crippen MR) is 119 cm³/mol. The predicted octanol–water partition coefficient (Wildman–Crippen LogP) is 1.36. The fraction of sp³-hybridized carbons (Fsp3) is 0.455. The second-order valence-electron chi connectivity index (χ2n) is 8.31. The lowest BCUT2D eigenvalue weighted by Crippen LogP contribution is -2.52. The summed E-state index contributed by atoms with van der Waals surface area (Å²) in [5.74, 6) is -1.26. The van der Waals surface area contributed by atoms with Crippen LogP contribution in [0.1, 0.15) is 43.7 Å². The third kappa shape index (κ3) is 6.26. The van der Waals surface area contributed by atoms with Crippen molar-refractivity contribution in [2.75, 3.05) is 13.1 Å². The van der Waals surface area contributed by atoms with E-state index in [0.29, 0.717) is 19.3 Å². The Balaban J connectivity index is 1.68. The standard InChI is InChI=1S/C22H28N4O6S/c1-15(2)13-17(25-22(29)19-8-6-12-32-19)21(28)24-16-7-5-11-26(14-18(16)27)33(30,31)20-9-3-4-10-23-20/h3-4,6,8-10,12,15-17H,5,7,11,13-14H2,1-2H3,(H,24,28)(H,25,29)/t16?,17-/m0/s1. The first kappa shape index (κ1) is 24.6. The summed E-state index contributed by atoms with van der Waals surface area (Å²) >= 11 is 0. The van der Waals surface area contributed by atoms with E-state index in [1.807, 2.05) is 13.8 Å². The molecule has 1 fully saturated rings. The van der Waals surface area contributed by atoms with Gasteiger partial charge in [0.1, 0.15) is 6.04 Å². The van der Waals surface area contributed by atoms with Gasteiger partial charge in [-0.25, -0.2) is 13.4 Å². The highest BCUT2D eigenvalue weighted by Gasteiger charge is 2.34. The normalized spacial score (nSPS) is 18.5.